The molecule has 0 heterocycles. The van der Waals surface area contributed by atoms with Crippen molar-refractivity contribution in [3.05, 3.63) is 59.7 Å². The fourth-order valence-electron chi connectivity index (χ4n) is 1.74. The zero-order valence-electron chi connectivity index (χ0n) is 16.2. The number of nitrogen functional groups attached to an aromatic ring is 1. The predicted molar refractivity (Wildman–Crippen MR) is 113 cm³/mol. The van der Waals surface area contributed by atoms with Gasteiger partial charge in [0.1, 0.15) is 0 Å². The van der Waals surface area contributed by atoms with E-state index in [4.69, 9.17) is 14.5 Å². The summed E-state index contributed by atoms with van der Waals surface area (Å²) in [5.41, 5.74) is 7.35. The van der Waals surface area contributed by atoms with Gasteiger partial charge >= 0.3 is 11.9 Å². The lowest BCUT2D eigenvalue weighted by atomic mass is 10.2. The molecule has 0 radical (unpaired) electrons. The van der Waals surface area contributed by atoms with Crippen LogP contribution in [-0.4, -0.2) is 49.6 Å². The number of methoxy groups -OCH3 is 2. The maximum atomic E-state index is 11.0. The predicted octanol–water partition coefficient (Wildman–Crippen LogP) is 1.92. The van der Waals surface area contributed by atoms with Crippen LogP contribution < -0.4 is 10.5 Å². The Labute approximate surface area is 181 Å². The highest BCUT2D eigenvalue weighted by atomic mass is 35.7. The lowest BCUT2D eigenvalue weighted by molar-refractivity contribution is 0.0592. The third kappa shape index (κ3) is 12.7. The number of benzene rings is 2. The van der Waals surface area contributed by atoms with Gasteiger partial charge in [-0.1, -0.05) is 0 Å². The van der Waals surface area contributed by atoms with Crippen LogP contribution in [0.5, 0.6) is 0 Å². The third-order valence-electron chi connectivity index (χ3n) is 2.94. The monoisotopic (exact) mass is 479 g/mol. The molecule has 3 N–H and O–H groups in total. The van der Waals surface area contributed by atoms with E-state index in [-0.39, 0.29) is 5.97 Å². The topological polar surface area (TPSA) is 165 Å². The molecule has 0 amide bonds. The number of carbonyl (C=O) groups is 2. The lowest BCUT2D eigenvalue weighted by Gasteiger charge is -2.04. The number of carbonyl (C=O) groups excluding carboxylic acids is 2. The molecular formula is C17H20ClN2O8S2-. The summed E-state index contributed by atoms with van der Waals surface area (Å²) in [4.78, 5) is 21.9. The van der Waals surface area contributed by atoms with Gasteiger partial charge in [-0.2, -0.15) is 0 Å². The summed E-state index contributed by atoms with van der Waals surface area (Å²) in [6.45, 7) is 0. The van der Waals surface area contributed by atoms with Crippen LogP contribution in [0.25, 0.3) is 0 Å². The summed E-state index contributed by atoms with van der Waals surface area (Å²) < 4.78 is 50.6. The average Bonchev–Trinajstić information content (AvgIpc) is 2.67. The molecule has 13 heteroatoms. The molecule has 10 nitrogen and oxygen atoms in total. The molecule has 0 aliphatic rings. The Morgan fingerprint density at radius 3 is 1.60 bits per heavy atom. The van der Waals surface area contributed by atoms with Crippen molar-refractivity contribution in [1.82, 2.24) is 0 Å². The van der Waals surface area contributed by atoms with Crippen LogP contribution in [0.4, 0.5) is 11.4 Å². The van der Waals surface area contributed by atoms with Gasteiger partial charge in [0.25, 0.3) is 0 Å². The Morgan fingerprint density at radius 2 is 1.30 bits per heavy atom. The zero-order chi connectivity index (χ0) is 23.3. The summed E-state index contributed by atoms with van der Waals surface area (Å²) in [6, 6.07) is 12.5. The molecule has 0 spiro atoms. The van der Waals surface area contributed by atoms with Crippen LogP contribution in [0.15, 0.2) is 48.5 Å². The van der Waals surface area contributed by atoms with Gasteiger partial charge in [0, 0.05) is 21.7 Å². The fraction of sp³-hybridized carbons (Fsp3) is 0.176. The van der Waals surface area contributed by atoms with Gasteiger partial charge < -0.3 is 19.8 Å². The number of anilines is 2. The molecule has 2 rings (SSSR count). The highest BCUT2D eigenvalue weighted by Crippen LogP contribution is 2.11. The minimum Gasteiger partial charge on any atom is -0.760 e. The van der Waals surface area contributed by atoms with Crippen LogP contribution >= 0.6 is 10.7 Å². The molecule has 0 bridgehead atoms. The van der Waals surface area contributed by atoms with Crippen molar-refractivity contribution in [3.8, 4) is 0 Å². The largest absolute Gasteiger partial charge is 0.760 e. The smallest absolute Gasteiger partial charge is 0.337 e. The van der Waals surface area contributed by atoms with E-state index >= 15 is 0 Å². The van der Waals surface area contributed by atoms with Crippen molar-refractivity contribution < 1.29 is 36.2 Å². The third-order valence-corrected chi connectivity index (χ3v) is 3.55. The SMILES string of the molecule is COC(=O)c1ccc(N)cc1.COC(=O)c1ccc(NS(C)(=O)=O)cc1.O=S([O-])Cl. The number of rotatable bonds is 4. The molecule has 2 aromatic rings. The number of halogens is 1. The number of hydrogen-bond acceptors (Lipinski definition) is 9. The second-order valence-corrected chi connectivity index (χ2v) is 8.14. The van der Waals surface area contributed by atoms with Gasteiger partial charge in [-0.15, -0.1) is 0 Å². The Kier molecular flexibility index (Phi) is 12.3. The molecule has 30 heavy (non-hydrogen) atoms. The summed E-state index contributed by atoms with van der Waals surface area (Å²) in [7, 11) is 1.15. The Hall–Kier alpha value is -2.67. The first kappa shape index (κ1) is 27.3. The molecule has 166 valence electrons. The number of nitrogens with one attached hydrogen (secondary N) is 1. The zero-order valence-corrected chi connectivity index (χ0v) is 18.5. The number of nitrogens with two attached hydrogens (primary N) is 1. The molecular weight excluding hydrogens is 460 g/mol. The summed E-state index contributed by atoms with van der Waals surface area (Å²) in [5, 5.41) is 0. The van der Waals surface area contributed by atoms with E-state index in [0.29, 0.717) is 22.5 Å². The van der Waals surface area contributed by atoms with Crippen LogP contribution in [0, 0.1) is 0 Å². The molecule has 0 saturated carbocycles. The maximum Gasteiger partial charge on any atom is 0.337 e. The minimum atomic E-state index is -3.28. The number of hydrogen-bond donors (Lipinski definition) is 2. The highest BCUT2D eigenvalue weighted by molar-refractivity contribution is 8.03. The van der Waals surface area contributed by atoms with E-state index in [1.165, 1.54) is 38.5 Å². The van der Waals surface area contributed by atoms with Gasteiger partial charge in [0.15, 0.2) is 0 Å². The molecule has 0 aliphatic heterocycles. The number of esters is 2. The highest BCUT2D eigenvalue weighted by Gasteiger charge is 2.06. The quantitative estimate of drug-likeness (QED) is 0.288. The van der Waals surface area contributed by atoms with E-state index in [9.17, 15) is 18.0 Å². The van der Waals surface area contributed by atoms with Crippen LogP contribution in [-0.2, 0) is 29.8 Å². The number of ether oxygens (including phenoxy) is 2. The van der Waals surface area contributed by atoms with Crippen LogP contribution in [0.2, 0.25) is 0 Å². The van der Waals surface area contributed by atoms with Gasteiger partial charge in [-0.25, -0.2) is 18.0 Å². The first-order valence-corrected chi connectivity index (χ1v) is 11.5. The van der Waals surface area contributed by atoms with Gasteiger partial charge in [-0.3, -0.25) is 8.93 Å². The molecule has 2 aromatic carbocycles. The minimum absolute atomic E-state index is 0.343. The second-order valence-electron chi connectivity index (χ2n) is 5.25. The van der Waals surface area contributed by atoms with Gasteiger partial charge in [0.2, 0.25) is 10.0 Å². The van der Waals surface area contributed by atoms with Crippen molar-refractivity contribution >= 4 is 54.3 Å². The number of sulfonamides is 1. The molecule has 0 aromatic heterocycles. The summed E-state index contributed by atoms with van der Waals surface area (Å²) >= 11 is 0. The van der Waals surface area contributed by atoms with E-state index < -0.39 is 26.3 Å². The van der Waals surface area contributed by atoms with E-state index in [2.05, 4.69) is 24.9 Å². The molecule has 0 aliphatic carbocycles. The molecule has 1 atom stereocenters. The van der Waals surface area contributed by atoms with Crippen molar-refractivity contribution in [3.63, 3.8) is 0 Å². The van der Waals surface area contributed by atoms with Crippen molar-refractivity contribution in [2.75, 3.05) is 30.9 Å². The van der Waals surface area contributed by atoms with Crippen molar-refractivity contribution in [2.24, 2.45) is 0 Å². The Balaban J connectivity index is 0.000000491. The van der Waals surface area contributed by atoms with Gasteiger partial charge in [0.05, 0.1) is 31.6 Å². The van der Waals surface area contributed by atoms with E-state index in [1.54, 1.807) is 24.3 Å². The summed E-state index contributed by atoms with van der Waals surface area (Å²) in [6.07, 6.45) is 1.06. The molecule has 1 unspecified atom stereocenters. The Bertz CT molecular complexity index is 945. The van der Waals surface area contributed by atoms with Crippen LogP contribution in [0.3, 0.4) is 0 Å². The standard InChI is InChI=1S/C9H11NO4S.C8H9NO2.ClHO2S/c1-14-9(11)7-3-5-8(6-4-7)10-15(2,12)13;1-11-8(10)6-2-4-7(9)5-3-6;1-4(2)3/h3-6,10H,1-2H3;2-5H,9H2,1H3;(H,2,3)/p-1. The Morgan fingerprint density at radius 1 is 0.967 bits per heavy atom. The van der Waals surface area contributed by atoms with E-state index in [0.717, 1.165) is 6.26 Å². The normalized spacial score (nSPS) is 10.8. The first-order chi connectivity index (χ1) is 13.9. The van der Waals surface area contributed by atoms with E-state index in [1.807, 2.05) is 0 Å². The maximum absolute atomic E-state index is 11.0. The average molecular weight is 480 g/mol. The first-order valence-electron chi connectivity index (χ1n) is 7.75. The molecule has 0 fully saturated rings. The summed E-state index contributed by atoms with van der Waals surface area (Å²) in [5.74, 6) is -0.800. The fourth-order valence-corrected chi connectivity index (χ4v) is 2.31. The van der Waals surface area contributed by atoms with Crippen molar-refractivity contribution in [2.45, 2.75) is 0 Å². The molecule has 0 saturated heterocycles. The van der Waals surface area contributed by atoms with Crippen LogP contribution in [0.1, 0.15) is 20.7 Å². The van der Waals surface area contributed by atoms with Gasteiger partial charge in [-0.05, 0) is 59.2 Å². The lowest BCUT2D eigenvalue weighted by Crippen LogP contribution is -2.09. The van der Waals surface area contributed by atoms with Crippen molar-refractivity contribution in [1.29, 1.82) is 0 Å². The second kappa shape index (κ2) is 13.5.